The molecule has 0 amide bonds. The third-order valence-electron chi connectivity index (χ3n) is 1.55. The molecule has 0 saturated heterocycles. The van der Waals surface area contributed by atoms with Gasteiger partial charge in [-0.2, -0.15) is 8.78 Å². The number of alkyl halides is 1. The molecule has 0 fully saturated rings. The van der Waals surface area contributed by atoms with Gasteiger partial charge in [0.05, 0.1) is 0 Å². The van der Waals surface area contributed by atoms with Crippen LogP contribution in [0.15, 0.2) is 0 Å². The summed E-state index contributed by atoms with van der Waals surface area (Å²) in [5, 5.41) is 0. The summed E-state index contributed by atoms with van der Waals surface area (Å²) in [6.07, 6.45) is -0.647. The van der Waals surface area contributed by atoms with Crippen molar-refractivity contribution < 1.29 is 13.2 Å². The highest BCUT2D eigenvalue weighted by Crippen LogP contribution is 2.19. The third-order valence-corrected chi connectivity index (χ3v) is 1.55. The Balaban J connectivity index is 3.10. The van der Waals surface area contributed by atoms with E-state index in [0.717, 1.165) is 19.3 Å². The van der Waals surface area contributed by atoms with Gasteiger partial charge in [0.25, 0.3) is 0 Å². The first-order valence-electron chi connectivity index (χ1n) is 4.00. The number of unbranched alkanes of at least 4 members (excludes halogenated alkanes) is 3. The molecule has 0 aliphatic carbocycles. The Hall–Kier alpha value is -0.210. The van der Waals surface area contributed by atoms with Crippen molar-refractivity contribution in [3.63, 3.8) is 0 Å². The van der Waals surface area contributed by atoms with Crippen molar-refractivity contribution in [2.45, 2.75) is 45.2 Å². The number of hydrogen-bond donors (Lipinski definition) is 0. The van der Waals surface area contributed by atoms with Gasteiger partial charge in [0.1, 0.15) is 0 Å². The summed E-state index contributed by atoms with van der Waals surface area (Å²) >= 11 is 0. The molecule has 0 nitrogen and oxygen atoms in total. The van der Waals surface area contributed by atoms with E-state index >= 15 is 0 Å². The second kappa shape index (κ2) is 6.50. The average Bonchev–Trinajstić information content (AvgIpc) is 1.97. The highest BCUT2D eigenvalue weighted by Gasteiger charge is 2.20. The van der Waals surface area contributed by atoms with E-state index in [9.17, 15) is 13.2 Å². The molecule has 0 bridgehead atoms. The Morgan fingerprint density at radius 2 is 1.82 bits per heavy atom. The molecule has 11 heavy (non-hydrogen) atoms. The Morgan fingerprint density at radius 3 is 2.27 bits per heavy atom. The molecule has 0 aromatic carbocycles. The molecule has 1 radical (unpaired) electrons. The average molecular weight is 167 g/mol. The van der Waals surface area contributed by atoms with E-state index in [1.54, 1.807) is 0 Å². The fraction of sp³-hybridized carbons (Fsp3) is 0.875. The summed E-state index contributed by atoms with van der Waals surface area (Å²) in [4.78, 5) is 0. The molecule has 0 heterocycles. The van der Waals surface area contributed by atoms with Gasteiger partial charge in [-0.3, -0.25) is 0 Å². The van der Waals surface area contributed by atoms with Crippen LogP contribution in [0, 0.1) is 6.43 Å². The second-order valence-electron chi connectivity index (χ2n) is 2.61. The molecule has 0 aromatic rings. The second-order valence-corrected chi connectivity index (χ2v) is 2.61. The van der Waals surface area contributed by atoms with E-state index in [2.05, 4.69) is 0 Å². The monoisotopic (exact) mass is 167 g/mol. The van der Waals surface area contributed by atoms with E-state index in [0.29, 0.717) is 6.42 Å². The minimum Gasteiger partial charge on any atom is -0.241 e. The highest BCUT2D eigenvalue weighted by atomic mass is 19.3. The molecule has 67 valence electrons. The number of rotatable bonds is 6. The van der Waals surface area contributed by atoms with Crippen LogP contribution in [0.5, 0.6) is 0 Å². The van der Waals surface area contributed by atoms with Gasteiger partial charge in [-0.05, 0) is 6.42 Å². The fourth-order valence-electron chi connectivity index (χ4n) is 0.859. The Morgan fingerprint density at radius 1 is 1.18 bits per heavy atom. The van der Waals surface area contributed by atoms with E-state index in [-0.39, 0.29) is 6.42 Å². The van der Waals surface area contributed by atoms with Crippen LogP contribution in [-0.4, -0.2) is 6.17 Å². The smallest absolute Gasteiger partial charge is 0.241 e. The van der Waals surface area contributed by atoms with E-state index in [4.69, 9.17) is 0 Å². The van der Waals surface area contributed by atoms with Crippen LogP contribution in [-0.2, 0) is 0 Å². The van der Waals surface area contributed by atoms with Crippen LogP contribution in [0.3, 0.4) is 0 Å². The molecule has 0 aliphatic rings. The largest absolute Gasteiger partial charge is 0.343 e. The van der Waals surface area contributed by atoms with Crippen LogP contribution >= 0.6 is 0 Å². The zero-order valence-electron chi connectivity index (χ0n) is 6.75. The van der Waals surface area contributed by atoms with Crippen LogP contribution in [0.2, 0.25) is 0 Å². The van der Waals surface area contributed by atoms with Crippen molar-refractivity contribution in [2.75, 3.05) is 0 Å². The summed E-state index contributed by atoms with van der Waals surface area (Å²) < 4.78 is 35.1. The standard InChI is InChI=1S/C8H14F3/c1-2-3-4-5-6-7(9)8(10)11/h7H,2-6H2,1H3. The Bertz CT molecular complexity index is 83.4. The normalized spacial score (nSPS) is 13.9. The lowest BCUT2D eigenvalue weighted by atomic mass is 10.1. The summed E-state index contributed by atoms with van der Waals surface area (Å²) in [6, 6.07) is 0. The molecular weight excluding hydrogens is 153 g/mol. The lowest BCUT2D eigenvalue weighted by Gasteiger charge is -2.03. The first kappa shape index (κ1) is 10.8. The summed E-state index contributed by atoms with van der Waals surface area (Å²) in [7, 11) is 0. The quantitative estimate of drug-likeness (QED) is 0.529. The van der Waals surface area contributed by atoms with Crippen LogP contribution in [0.1, 0.15) is 39.0 Å². The van der Waals surface area contributed by atoms with Gasteiger partial charge >= 0.3 is 6.43 Å². The minimum absolute atomic E-state index is 0.0255. The van der Waals surface area contributed by atoms with Crippen molar-refractivity contribution in [3.05, 3.63) is 6.43 Å². The molecule has 0 spiro atoms. The molecule has 0 rings (SSSR count). The third kappa shape index (κ3) is 6.20. The predicted molar refractivity (Wildman–Crippen MR) is 39.1 cm³/mol. The molecule has 3 heteroatoms. The van der Waals surface area contributed by atoms with Crippen molar-refractivity contribution in [1.82, 2.24) is 0 Å². The predicted octanol–water partition coefficient (Wildman–Crippen LogP) is 3.72. The first-order chi connectivity index (χ1) is 5.18. The zero-order valence-corrected chi connectivity index (χ0v) is 6.75. The maximum absolute atomic E-state index is 12.2. The topological polar surface area (TPSA) is 0 Å². The van der Waals surface area contributed by atoms with Gasteiger partial charge in [-0.15, -0.1) is 0 Å². The lowest BCUT2D eigenvalue weighted by Crippen LogP contribution is -2.03. The molecule has 0 aliphatic heterocycles. The fourth-order valence-corrected chi connectivity index (χ4v) is 0.859. The van der Waals surface area contributed by atoms with Crippen LogP contribution in [0.25, 0.3) is 0 Å². The zero-order chi connectivity index (χ0) is 8.69. The van der Waals surface area contributed by atoms with Crippen molar-refractivity contribution in [2.24, 2.45) is 0 Å². The Kier molecular flexibility index (Phi) is 6.37. The van der Waals surface area contributed by atoms with E-state index in [1.165, 1.54) is 0 Å². The van der Waals surface area contributed by atoms with Crippen molar-refractivity contribution >= 4 is 0 Å². The lowest BCUT2D eigenvalue weighted by molar-refractivity contribution is 0.148. The van der Waals surface area contributed by atoms with E-state index < -0.39 is 12.6 Å². The maximum atomic E-state index is 12.2. The van der Waals surface area contributed by atoms with Gasteiger partial charge < -0.3 is 0 Å². The van der Waals surface area contributed by atoms with Gasteiger partial charge in [0.15, 0.2) is 6.17 Å². The maximum Gasteiger partial charge on any atom is 0.343 e. The first-order valence-corrected chi connectivity index (χ1v) is 4.00. The summed E-state index contributed by atoms with van der Waals surface area (Å²) in [5.74, 6) is 0. The van der Waals surface area contributed by atoms with Gasteiger partial charge in [-0.25, -0.2) is 4.39 Å². The van der Waals surface area contributed by atoms with Gasteiger partial charge in [0, 0.05) is 0 Å². The number of halogens is 3. The minimum atomic E-state index is -2.08. The molecule has 0 N–H and O–H groups in total. The van der Waals surface area contributed by atoms with Crippen molar-refractivity contribution in [1.29, 1.82) is 0 Å². The summed E-state index contributed by atoms with van der Waals surface area (Å²) in [5.41, 5.74) is 0. The molecule has 1 unspecified atom stereocenters. The Labute approximate surface area is 65.8 Å². The molecule has 0 saturated carbocycles. The molecular formula is C8H14F3. The highest BCUT2D eigenvalue weighted by molar-refractivity contribution is 4.72. The van der Waals surface area contributed by atoms with Crippen LogP contribution in [0.4, 0.5) is 13.2 Å². The molecule has 1 atom stereocenters. The van der Waals surface area contributed by atoms with Gasteiger partial charge in [0.2, 0.25) is 0 Å². The van der Waals surface area contributed by atoms with Crippen LogP contribution < -0.4 is 0 Å². The SMILES string of the molecule is CCCCCCC(F)[C](F)F. The van der Waals surface area contributed by atoms with E-state index in [1.807, 2.05) is 6.92 Å². The van der Waals surface area contributed by atoms with Gasteiger partial charge in [-0.1, -0.05) is 32.6 Å². The van der Waals surface area contributed by atoms with Crippen molar-refractivity contribution in [3.8, 4) is 0 Å². The summed E-state index contributed by atoms with van der Waals surface area (Å²) in [6.45, 7) is 2.02. The molecule has 0 aromatic heterocycles. The number of hydrogen-bond acceptors (Lipinski definition) is 0.